The number of benzene rings is 3. The van der Waals surface area contributed by atoms with Crippen LogP contribution in [0.3, 0.4) is 0 Å². The predicted molar refractivity (Wildman–Crippen MR) is 139 cm³/mol. The molecule has 0 spiro atoms. The molecule has 35 heavy (non-hydrogen) atoms. The van der Waals surface area contributed by atoms with E-state index >= 15 is 0 Å². The van der Waals surface area contributed by atoms with Gasteiger partial charge in [0, 0.05) is 23.5 Å². The average Bonchev–Trinajstić information content (AvgIpc) is 3.20. The fraction of sp³-hybridized carbons (Fsp3) is 0.286. The molecule has 0 radical (unpaired) electrons. The zero-order valence-corrected chi connectivity index (χ0v) is 20.8. The molecule has 0 saturated carbocycles. The molecule has 180 valence electrons. The molecule has 1 amide bonds. The zero-order valence-electron chi connectivity index (χ0n) is 19.2. The second kappa shape index (κ2) is 10.1. The van der Waals surface area contributed by atoms with E-state index in [9.17, 15) is 14.7 Å². The largest absolute Gasteiger partial charge is 0.479 e. The Morgan fingerprint density at radius 1 is 0.971 bits per heavy atom. The number of nitrogens with one attached hydrogen (secondary N) is 1. The summed E-state index contributed by atoms with van der Waals surface area (Å²) < 4.78 is 6.37. The van der Waals surface area contributed by atoms with Crippen molar-refractivity contribution >= 4 is 33.7 Å². The van der Waals surface area contributed by atoms with Gasteiger partial charge in [-0.25, -0.2) is 9.59 Å². The highest BCUT2D eigenvalue weighted by Gasteiger charge is 2.30. The summed E-state index contributed by atoms with van der Waals surface area (Å²) >= 11 is 3.59. The van der Waals surface area contributed by atoms with Gasteiger partial charge in [0.05, 0.1) is 5.69 Å². The lowest BCUT2D eigenvalue weighted by molar-refractivity contribution is -0.139. The van der Waals surface area contributed by atoms with Crippen LogP contribution in [0.15, 0.2) is 71.2 Å². The molecule has 5 rings (SSSR count). The van der Waals surface area contributed by atoms with E-state index < -0.39 is 18.1 Å². The number of amides is 1. The van der Waals surface area contributed by atoms with Crippen LogP contribution in [0.4, 0.5) is 10.5 Å². The van der Waals surface area contributed by atoms with E-state index in [-0.39, 0.29) is 12.5 Å². The van der Waals surface area contributed by atoms with Crippen LogP contribution in [0.25, 0.3) is 11.1 Å². The molecule has 1 aliphatic heterocycles. The number of piperidine rings is 1. The first-order chi connectivity index (χ1) is 17.0. The Bertz CT molecular complexity index is 1210. The lowest BCUT2D eigenvalue weighted by atomic mass is 9.98. The van der Waals surface area contributed by atoms with Crippen LogP contribution in [0, 0.1) is 0 Å². The van der Waals surface area contributed by atoms with Crippen LogP contribution in [-0.2, 0) is 9.53 Å². The highest BCUT2D eigenvalue weighted by atomic mass is 79.9. The molecule has 1 heterocycles. The van der Waals surface area contributed by atoms with E-state index in [0.29, 0.717) is 5.56 Å². The molecule has 2 N–H and O–H groups in total. The highest BCUT2D eigenvalue weighted by molar-refractivity contribution is 9.10. The van der Waals surface area contributed by atoms with Crippen LogP contribution in [0.5, 0.6) is 0 Å². The number of hydrogen-bond acceptors (Lipinski definition) is 4. The molecule has 1 saturated heterocycles. The molecule has 3 aromatic rings. The van der Waals surface area contributed by atoms with Crippen molar-refractivity contribution in [2.45, 2.75) is 31.2 Å². The number of fused-ring (bicyclic) bond motifs is 3. The maximum atomic E-state index is 12.7. The van der Waals surface area contributed by atoms with Crippen molar-refractivity contribution in [1.29, 1.82) is 0 Å². The summed E-state index contributed by atoms with van der Waals surface area (Å²) in [6.07, 6.45) is 2.78. The number of carbonyl (C=O) groups is 2. The van der Waals surface area contributed by atoms with Crippen molar-refractivity contribution < 1.29 is 19.4 Å². The van der Waals surface area contributed by atoms with Crippen LogP contribution in [-0.4, -0.2) is 36.9 Å². The minimum atomic E-state index is -1.21. The summed E-state index contributed by atoms with van der Waals surface area (Å²) in [6.45, 7) is 2.10. The summed E-state index contributed by atoms with van der Waals surface area (Å²) in [5.41, 5.74) is 6.01. The Hall–Kier alpha value is -3.32. The second-order valence-electron chi connectivity index (χ2n) is 9.00. The zero-order chi connectivity index (χ0) is 24.4. The molecule has 3 aromatic carbocycles. The van der Waals surface area contributed by atoms with Gasteiger partial charge in [0.2, 0.25) is 0 Å². The minimum Gasteiger partial charge on any atom is -0.479 e. The van der Waals surface area contributed by atoms with Crippen molar-refractivity contribution in [1.82, 2.24) is 5.32 Å². The number of anilines is 1. The van der Waals surface area contributed by atoms with Gasteiger partial charge in [-0.2, -0.15) is 0 Å². The number of ether oxygens (including phenoxy) is 1. The number of carboxylic acid groups (broad SMARTS) is 1. The number of nitrogens with zero attached hydrogens (tertiary/aromatic N) is 1. The van der Waals surface area contributed by atoms with Crippen LogP contribution < -0.4 is 10.2 Å². The van der Waals surface area contributed by atoms with E-state index in [2.05, 4.69) is 38.3 Å². The maximum Gasteiger partial charge on any atom is 0.408 e. The molecule has 7 heteroatoms. The monoisotopic (exact) mass is 534 g/mol. The molecule has 2 aliphatic rings. The number of rotatable bonds is 6. The quantitative estimate of drug-likeness (QED) is 0.399. The summed E-state index contributed by atoms with van der Waals surface area (Å²) in [4.78, 5) is 27.0. The number of hydrogen-bond donors (Lipinski definition) is 2. The van der Waals surface area contributed by atoms with Crippen LogP contribution >= 0.6 is 15.9 Å². The van der Waals surface area contributed by atoms with Crippen molar-refractivity contribution in [3.05, 3.63) is 87.9 Å². The Balaban J connectivity index is 1.28. The van der Waals surface area contributed by atoms with E-state index in [0.717, 1.165) is 58.3 Å². The lowest BCUT2D eigenvalue weighted by Crippen LogP contribution is -2.35. The predicted octanol–water partition coefficient (Wildman–Crippen LogP) is 6.10. The maximum absolute atomic E-state index is 12.7. The van der Waals surface area contributed by atoms with Crippen molar-refractivity contribution in [2.24, 2.45) is 0 Å². The third kappa shape index (κ3) is 4.78. The number of carbonyl (C=O) groups excluding carboxylic acids is 1. The normalized spacial score (nSPS) is 15.7. The Morgan fingerprint density at radius 2 is 1.60 bits per heavy atom. The minimum absolute atomic E-state index is 0.0885. The number of aliphatic carboxylic acids is 1. The first-order valence-electron chi connectivity index (χ1n) is 11.9. The van der Waals surface area contributed by atoms with Crippen molar-refractivity contribution in [2.75, 3.05) is 24.6 Å². The van der Waals surface area contributed by atoms with Crippen LogP contribution in [0.2, 0.25) is 0 Å². The fourth-order valence-electron chi connectivity index (χ4n) is 5.14. The Kier molecular flexibility index (Phi) is 6.77. The summed E-state index contributed by atoms with van der Waals surface area (Å²) in [5.74, 6) is -1.23. The highest BCUT2D eigenvalue weighted by Crippen LogP contribution is 2.44. The van der Waals surface area contributed by atoms with Gasteiger partial charge in [-0.05, 0) is 75.1 Å². The molecule has 1 atom stereocenters. The molecule has 1 unspecified atom stereocenters. The van der Waals surface area contributed by atoms with Crippen molar-refractivity contribution in [3.8, 4) is 11.1 Å². The first-order valence-corrected chi connectivity index (χ1v) is 12.7. The number of alkyl carbamates (subject to hydrolysis) is 1. The van der Waals surface area contributed by atoms with Gasteiger partial charge in [-0.15, -0.1) is 0 Å². The first kappa shape index (κ1) is 23.4. The smallest absolute Gasteiger partial charge is 0.408 e. The van der Waals surface area contributed by atoms with E-state index in [1.54, 1.807) is 12.1 Å². The van der Waals surface area contributed by atoms with E-state index in [1.807, 2.05) is 42.5 Å². The third-order valence-electron chi connectivity index (χ3n) is 6.85. The standard InChI is InChI=1S/C28H27BrN2O4/c29-24-16-18(12-13-25(24)31-14-6-1-7-15-31)26(27(32)33)30-28(34)35-17-23-21-10-4-2-8-19(21)20-9-3-5-11-22(20)23/h2-5,8-13,16,23,26H,1,6-7,14-15,17H2,(H,30,34)(H,32,33). The molecule has 0 bridgehead atoms. The Labute approximate surface area is 213 Å². The molecule has 1 aliphatic carbocycles. The molecule has 1 fully saturated rings. The van der Waals surface area contributed by atoms with E-state index in [4.69, 9.17) is 4.74 Å². The second-order valence-corrected chi connectivity index (χ2v) is 9.85. The fourth-order valence-corrected chi connectivity index (χ4v) is 5.79. The Morgan fingerprint density at radius 3 is 2.20 bits per heavy atom. The third-order valence-corrected chi connectivity index (χ3v) is 7.49. The van der Waals surface area contributed by atoms with E-state index in [1.165, 1.54) is 6.42 Å². The van der Waals surface area contributed by atoms with Gasteiger partial charge in [-0.1, -0.05) is 54.6 Å². The number of carboxylic acids is 1. The molecule has 0 aromatic heterocycles. The van der Waals surface area contributed by atoms with Gasteiger partial charge >= 0.3 is 12.1 Å². The van der Waals surface area contributed by atoms with Gasteiger partial charge in [-0.3, -0.25) is 0 Å². The lowest BCUT2D eigenvalue weighted by Gasteiger charge is -2.30. The molecular weight excluding hydrogens is 508 g/mol. The summed E-state index contributed by atoms with van der Waals surface area (Å²) in [5, 5.41) is 12.4. The number of halogens is 1. The summed E-state index contributed by atoms with van der Waals surface area (Å²) in [6, 6.07) is 20.4. The van der Waals surface area contributed by atoms with Gasteiger partial charge < -0.3 is 20.1 Å². The molecular formula is C28H27BrN2O4. The molecule has 6 nitrogen and oxygen atoms in total. The average molecular weight is 535 g/mol. The van der Waals surface area contributed by atoms with Crippen molar-refractivity contribution in [3.63, 3.8) is 0 Å². The van der Waals surface area contributed by atoms with Gasteiger partial charge in [0.25, 0.3) is 0 Å². The SMILES string of the molecule is O=C(NC(C(=O)O)c1ccc(N2CCCCC2)c(Br)c1)OCC1c2ccccc2-c2ccccc21. The van der Waals surface area contributed by atoms with Gasteiger partial charge in [0.15, 0.2) is 6.04 Å². The van der Waals surface area contributed by atoms with Crippen LogP contribution in [0.1, 0.15) is 47.9 Å². The topological polar surface area (TPSA) is 78.9 Å². The van der Waals surface area contributed by atoms with Gasteiger partial charge in [0.1, 0.15) is 6.61 Å². The summed E-state index contributed by atoms with van der Waals surface area (Å²) in [7, 11) is 0.